The number of nitrogens with one attached hydrogen (secondary N) is 1. The Hall–Kier alpha value is -1.42. The van der Waals surface area contributed by atoms with Crippen LogP contribution in [0, 0.1) is 6.92 Å². The van der Waals surface area contributed by atoms with E-state index in [0.717, 1.165) is 16.9 Å². The first-order valence-corrected chi connectivity index (χ1v) is 3.72. The van der Waals surface area contributed by atoms with Gasteiger partial charge in [0.25, 0.3) is 0 Å². The molecule has 0 spiro atoms. The van der Waals surface area contributed by atoms with E-state index in [4.69, 9.17) is 5.11 Å². The average Bonchev–Trinajstić information content (AvgIpc) is 2.44. The summed E-state index contributed by atoms with van der Waals surface area (Å²) in [5, 5.41) is 8.93. The number of H-pyrrole nitrogens is 1. The number of aliphatic hydroxyl groups excluding tert-OH is 1. The Morgan fingerprint density at radius 3 is 3.17 bits per heavy atom. The molecule has 0 amide bonds. The predicted octanol–water partition coefficient (Wildman–Crippen LogP) is 0.759. The minimum Gasteiger partial charge on any atom is -0.390 e. The van der Waals surface area contributed by atoms with E-state index in [9.17, 15) is 0 Å². The largest absolute Gasteiger partial charge is 0.390 e. The van der Waals surface area contributed by atoms with Crippen molar-refractivity contribution in [2.75, 3.05) is 0 Å². The third-order valence-electron chi connectivity index (χ3n) is 1.74. The fourth-order valence-electron chi connectivity index (χ4n) is 1.23. The van der Waals surface area contributed by atoms with Crippen molar-refractivity contribution >= 4 is 11.0 Å². The van der Waals surface area contributed by atoms with E-state index in [2.05, 4.69) is 15.0 Å². The predicted molar refractivity (Wildman–Crippen MR) is 44.5 cm³/mol. The van der Waals surface area contributed by atoms with Crippen molar-refractivity contribution in [3.8, 4) is 0 Å². The lowest BCUT2D eigenvalue weighted by Gasteiger charge is -1.93. The van der Waals surface area contributed by atoms with Gasteiger partial charge in [0.2, 0.25) is 0 Å². The summed E-state index contributed by atoms with van der Waals surface area (Å²) in [5.74, 6) is 0.840. The number of imidazole rings is 1. The van der Waals surface area contributed by atoms with Crippen LogP contribution in [0.5, 0.6) is 0 Å². The van der Waals surface area contributed by atoms with E-state index in [1.54, 1.807) is 6.20 Å². The molecule has 0 fully saturated rings. The average molecular weight is 163 g/mol. The lowest BCUT2D eigenvalue weighted by molar-refractivity contribution is 0.278. The summed E-state index contributed by atoms with van der Waals surface area (Å²) >= 11 is 0. The summed E-state index contributed by atoms with van der Waals surface area (Å²) in [6.45, 7) is 1.81. The molecule has 0 saturated carbocycles. The van der Waals surface area contributed by atoms with Crippen LogP contribution in [0.1, 0.15) is 11.5 Å². The van der Waals surface area contributed by atoms with E-state index in [-0.39, 0.29) is 6.61 Å². The first-order valence-electron chi connectivity index (χ1n) is 3.72. The van der Waals surface area contributed by atoms with E-state index >= 15 is 0 Å². The van der Waals surface area contributed by atoms with E-state index in [1.165, 1.54) is 0 Å². The summed E-state index contributed by atoms with van der Waals surface area (Å²) in [6.07, 6.45) is 1.66. The number of aromatic nitrogens is 3. The zero-order valence-corrected chi connectivity index (χ0v) is 6.70. The first-order chi connectivity index (χ1) is 5.81. The van der Waals surface area contributed by atoms with Crippen LogP contribution >= 0.6 is 0 Å². The highest BCUT2D eigenvalue weighted by Crippen LogP contribution is 2.13. The zero-order chi connectivity index (χ0) is 8.55. The van der Waals surface area contributed by atoms with Crippen LogP contribution in [0.3, 0.4) is 0 Å². The van der Waals surface area contributed by atoms with Gasteiger partial charge in [0.1, 0.15) is 11.3 Å². The minimum atomic E-state index is -0.0678. The molecule has 2 aromatic rings. The van der Waals surface area contributed by atoms with Gasteiger partial charge >= 0.3 is 0 Å². The van der Waals surface area contributed by atoms with Gasteiger partial charge in [-0.05, 0) is 13.0 Å². The van der Waals surface area contributed by atoms with Crippen LogP contribution < -0.4 is 0 Å². The number of hydrogen-bond acceptors (Lipinski definition) is 3. The smallest absolute Gasteiger partial charge is 0.112 e. The number of aromatic amines is 1. The Balaban J connectivity index is 2.78. The molecule has 0 saturated heterocycles. The Bertz CT molecular complexity index is 408. The van der Waals surface area contributed by atoms with Crippen LogP contribution in [-0.2, 0) is 6.61 Å². The lowest BCUT2D eigenvalue weighted by atomic mass is 10.3. The van der Waals surface area contributed by atoms with Crippen molar-refractivity contribution in [3.05, 3.63) is 23.8 Å². The minimum absolute atomic E-state index is 0.0678. The fraction of sp³-hybridized carbons (Fsp3) is 0.250. The third kappa shape index (κ3) is 0.967. The monoisotopic (exact) mass is 163 g/mol. The van der Waals surface area contributed by atoms with E-state index in [1.807, 2.05) is 13.0 Å². The second-order valence-electron chi connectivity index (χ2n) is 2.63. The molecule has 0 unspecified atom stereocenters. The normalized spacial score (nSPS) is 10.8. The van der Waals surface area contributed by atoms with Crippen LogP contribution in [0.2, 0.25) is 0 Å². The molecule has 4 nitrogen and oxygen atoms in total. The van der Waals surface area contributed by atoms with Crippen molar-refractivity contribution in [2.45, 2.75) is 13.5 Å². The highest BCUT2D eigenvalue weighted by molar-refractivity contribution is 5.76. The number of pyridine rings is 1. The summed E-state index contributed by atoms with van der Waals surface area (Å²) in [4.78, 5) is 11.3. The number of nitrogens with zero attached hydrogens (tertiary/aromatic N) is 2. The molecule has 4 heteroatoms. The number of aryl methyl sites for hydroxylation is 1. The molecule has 62 valence electrons. The number of hydrogen-bond donors (Lipinski definition) is 2. The molecule has 0 atom stereocenters. The van der Waals surface area contributed by atoms with Gasteiger partial charge in [0.15, 0.2) is 0 Å². The first kappa shape index (κ1) is 7.24. The van der Waals surface area contributed by atoms with Gasteiger partial charge in [-0.3, -0.25) is 4.98 Å². The van der Waals surface area contributed by atoms with Gasteiger partial charge in [-0.1, -0.05) is 0 Å². The van der Waals surface area contributed by atoms with Crippen LogP contribution in [0.4, 0.5) is 0 Å². The van der Waals surface area contributed by atoms with Crippen LogP contribution in [0.25, 0.3) is 11.0 Å². The summed E-state index contributed by atoms with van der Waals surface area (Å²) in [7, 11) is 0. The van der Waals surface area contributed by atoms with Gasteiger partial charge in [-0.25, -0.2) is 4.98 Å². The summed E-state index contributed by atoms with van der Waals surface area (Å²) < 4.78 is 0. The molecular formula is C8H9N3O. The topological polar surface area (TPSA) is 61.8 Å². The molecule has 2 rings (SSSR count). The highest BCUT2D eigenvalue weighted by atomic mass is 16.3. The molecule has 0 radical (unpaired) electrons. The second-order valence-corrected chi connectivity index (χ2v) is 2.63. The van der Waals surface area contributed by atoms with Gasteiger partial charge in [0, 0.05) is 6.20 Å². The highest BCUT2D eigenvalue weighted by Gasteiger charge is 2.04. The maximum Gasteiger partial charge on any atom is 0.112 e. The quantitative estimate of drug-likeness (QED) is 0.652. The number of fused-ring (bicyclic) bond motifs is 1. The van der Waals surface area contributed by atoms with Crippen molar-refractivity contribution in [2.24, 2.45) is 0 Å². The SMILES string of the molecule is Cc1nc2c(CO)nccc2[nH]1. The van der Waals surface area contributed by atoms with Crippen molar-refractivity contribution in [1.29, 1.82) is 0 Å². The van der Waals surface area contributed by atoms with Crippen LogP contribution in [-0.4, -0.2) is 20.1 Å². The number of aliphatic hydroxyl groups is 1. The molecule has 2 aromatic heterocycles. The van der Waals surface area contributed by atoms with Crippen molar-refractivity contribution in [3.63, 3.8) is 0 Å². The molecule has 2 heterocycles. The standard InChI is InChI=1S/C8H9N3O/c1-5-10-6-2-3-9-7(4-12)8(6)11-5/h2-3,12H,4H2,1H3,(H,10,11). The summed E-state index contributed by atoms with van der Waals surface area (Å²) in [5.41, 5.74) is 2.31. The van der Waals surface area contributed by atoms with E-state index < -0.39 is 0 Å². The Labute approximate surface area is 69.3 Å². The maximum atomic E-state index is 8.93. The van der Waals surface area contributed by atoms with Gasteiger partial charge in [0.05, 0.1) is 17.8 Å². The molecule has 0 bridgehead atoms. The van der Waals surface area contributed by atoms with Gasteiger partial charge < -0.3 is 10.1 Å². The fourth-order valence-corrected chi connectivity index (χ4v) is 1.23. The zero-order valence-electron chi connectivity index (χ0n) is 6.70. The Morgan fingerprint density at radius 1 is 1.58 bits per heavy atom. The second kappa shape index (κ2) is 2.57. The Morgan fingerprint density at radius 2 is 2.42 bits per heavy atom. The van der Waals surface area contributed by atoms with Crippen molar-refractivity contribution in [1.82, 2.24) is 15.0 Å². The summed E-state index contributed by atoms with van der Waals surface area (Å²) in [6, 6.07) is 1.84. The third-order valence-corrected chi connectivity index (χ3v) is 1.74. The molecule has 12 heavy (non-hydrogen) atoms. The molecule has 0 aliphatic carbocycles. The molecule has 0 aliphatic heterocycles. The number of rotatable bonds is 1. The Kier molecular flexibility index (Phi) is 1.55. The van der Waals surface area contributed by atoms with Gasteiger partial charge in [-0.2, -0.15) is 0 Å². The maximum absolute atomic E-state index is 8.93. The molecular weight excluding hydrogens is 154 g/mol. The molecule has 2 N–H and O–H groups in total. The molecule has 0 aromatic carbocycles. The lowest BCUT2D eigenvalue weighted by Crippen LogP contribution is -1.89. The van der Waals surface area contributed by atoms with E-state index in [0.29, 0.717) is 5.69 Å². The van der Waals surface area contributed by atoms with Gasteiger partial charge in [-0.15, -0.1) is 0 Å². The van der Waals surface area contributed by atoms with Crippen molar-refractivity contribution < 1.29 is 5.11 Å². The van der Waals surface area contributed by atoms with Crippen LogP contribution in [0.15, 0.2) is 12.3 Å². The molecule has 0 aliphatic rings.